The first-order chi connectivity index (χ1) is 9.63. The summed E-state index contributed by atoms with van der Waals surface area (Å²) in [5, 5.41) is 4.86. The second kappa shape index (κ2) is 6.28. The van der Waals surface area contributed by atoms with Gasteiger partial charge in [-0.15, -0.1) is 0 Å². The predicted octanol–water partition coefficient (Wildman–Crippen LogP) is 2.75. The highest BCUT2D eigenvalue weighted by Gasteiger charge is 2.13. The fraction of sp³-hybridized carbons (Fsp3) is 0.312. The number of methoxy groups -OCH3 is 1. The normalized spacial score (nSPS) is 11.9. The van der Waals surface area contributed by atoms with Crippen molar-refractivity contribution in [2.24, 2.45) is 0 Å². The zero-order chi connectivity index (χ0) is 14.5. The lowest BCUT2D eigenvalue weighted by molar-refractivity contribution is -0.127. The van der Waals surface area contributed by atoms with Crippen molar-refractivity contribution in [2.75, 3.05) is 13.7 Å². The molecule has 0 radical (unpaired) electrons. The van der Waals surface area contributed by atoms with Crippen LogP contribution in [-0.2, 0) is 4.79 Å². The van der Waals surface area contributed by atoms with Crippen molar-refractivity contribution < 1.29 is 14.3 Å². The SMILES string of the molecule is CCNC(=O)[C@H](C)Oc1ccc2ccc(OC)cc2c1. The summed E-state index contributed by atoms with van der Waals surface area (Å²) in [6, 6.07) is 11.6. The molecule has 0 fully saturated rings. The second-order valence-electron chi connectivity index (χ2n) is 4.53. The molecule has 2 rings (SSSR count). The largest absolute Gasteiger partial charge is 0.497 e. The Morgan fingerprint density at radius 1 is 1.15 bits per heavy atom. The van der Waals surface area contributed by atoms with Crippen LogP contribution in [0, 0.1) is 0 Å². The van der Waals surface area contributed by atoms with Crippen LogP contribution >= 0.6 is 0 Å². The average Bonchev–Trinajstić information content (AvgIpc) is 2.46. The lowest BCUT2D eigenvalue weighted by atomic mass is 10.1. The van der Waals surface area contributed by atoms with E-state index in [4.69, 9.17) is 9.47 Å². The van der Waals surface area contributed by atoms with Crippen molar-refractivity contribution in [3.63, 3.8) is 0 Å². The molecule has 0 spiro atoms. The number of fused-ring (bicyclic) bond motifs is 1. The maximum atomic E-state index is 11.7. The van der Waals surface area contributed by atoms with Gasteiger partial charge in [0.25, 0.3) is 5.91 Å². The molecule has 0 unspecified atom stereocenters. The monoisotopic (exact) mass is 273 g/mol. The van der Waals surface area contributed by atoms with E-state index in [0.29, 0.717) is 12.3 Å². The molecule has 4 nitrogen and oxygen atoms in total. The molecule has 0 heterocycles. The number of likely N-dealkylation sites (N-methyl/N-ethyl adjacent to an activating group) is 1. The van der Waals surface area contributed by atoms with Crippen LogP contribution in [0.25, 0.3) is 10.8 Å². The smallest absolute Gasteiger partial charge is 0.260 e. The third-order valence-electron chi connectivity index (χ3n) is 3.05. The molecule has 1 atom stereocenters. The Hall–Kier alpha value is -2.23. The van der Waals surface area contributed by atoms with Crippen molar-refractivity contribution in [3.8, 4) is 11.5 Å². The Morgan fingerprint density at radius 2 is 1.80 bits per heavy atom. The van der Waals surface area contributed by atoms with Crippen molar-refractivity contribution in [2.45, 2.75) is 20.0 Å². The quantitative estimate of drug-likeness (QED) is 0.911. The molecule has 0 aromatic heterocycles. The number of rotatable bonds is 5. The summed E-state index contributed by atoms with van der Waals surface area (Å²) in [6.07, 6.45) is -0.516. The molecule has 1 N–H and O–H groups in total. The van der Waals surface area contributed by atoms with E-state index >= 15 is 0 Å². The van der Waals surface area contributed by atoms with Crippen LogP contribution in [-0.4, -0.2) is 25.7 Å². The minimum atomic E-state index is -0.516. The van der Waals surface area contributed by atoms with Gasteiger partial charge in [0.1, 0.15) is 11.5 Å². The van der Waals surface area contributed by atoms with E-state index in [9.17, 15) is 4.79 Å². The fourth-order valence-electron chi connectivity index (χ4n) is 1.98. The Bertz CT molecular complexity index is 610. The zero-order valence-electron chi connectivity index (χ0n) is 12.0. The van der Waals surface area contributed by atoms with Gasteiger partial charge in [-0.3, -0.25) is 4.79 Å². The summed E-state index contributed by atoms with van der Waals surface area (Å²) < 4.78 is 10.9. The Labute approximate surface area is 118 Å². The van der Waals surface area contributed by atoms with Gasteiger partial charge in [0.05, 0.1) is 7.11 Å². The van der Waals surface area contributed by atoms with Gasteiger partial charge in [-0.25, -0.2) is 0 Å². The number of hydrogen-bond donors (Lipinski definition) is 1. The Kier molecular flexibility index (Phi) is 4.45. The molecule has 2 aromatic carbocycles. The minimum Gasteiger partial charge on any atom is -0.497 e. The number of hydrogen-bond acceptors (Lipinski definition) is 3. The predicted molar refractivity (Wildman–Crippen MR) is 79.3 cm³/mol. The van der Waals surface area contributed by atoms with E-state index in [-0.39, 0.29) is 5.91 Å². The van der Waals surface area contributed by atoms with Gasteiger partial charge in [0.15, 0.2) is 6.10 Å². The molecular weight excluding hydrogens is 254 g/mol. The van der Waals surface area contributed by atoms with Crippen LogP contribution < -0.4 is 14.8 Å². The number of ether oxygens (including phenoxy) is 2. The van der Waals surface area contributed by atoms with Gasteiger partial charge in [0.2, 0.25) is 0 Å². The van der Waals surface area contributed by atoms with Crippen LogP contribution in [0.3, 0.4) is 0 Å². The molecule has 0 saturated carbocycles. The lowest BCUT2D eigenvalue weighted by Gasteiger charge is -2.14. The third kappa shape index (κ3) is 3.20. The molecular formula is C16H19NO3. The van der Waals surface area contributed by atoms with Crippen molar-refractivity contribution in [1.29, 1.82) is 0 Å². The first kappa shape index (κ1) is 14.2. The van der Waals surface area contributed by atoms with Crippen molar-refractivity contribution in [1.82, 2.24) is 5.32 Å². The summed E-state index contributed by atoms with van der Waals surface area (Å²) in [7, 11) is 1.64. The van der Waals surface area contributed by atoms with Gasteiger partial charge in [-0.2, -0.15) is 0 Å². The highest BCUT2D eigenvalue weighted by Crippen LogP contribution is 2.25. The molecule has 4 heteroatoms. The van der Waals surface area contributed by atoms with E-state index in [1.54, 1.807) is 14.0 Å². The van der Waals surface area contributed by atoms with Gasteiger partial charge in [-0.1, -0.05) is 12.1 Å². The third-order valence-corrected chi connectivity index (χ3v) is 3.05. The fourth-order valence-corrected chi connectivity index (χ4v) is 1.98. The molecule has 106 valence electrons. The standard InChI is InChI=1S/C16H19NO3/c1-4-17-16(18)11(2)20-15-8-6-12-5-7-14(19-3)9-13(12)10-15/h5-11H,4H2,1-3H3,(H,17,18)/t11-/m0/s1. The molecule has 20 heavy (non-hydrogen) atoms. The number of nitrogens with one attached hydrogen (secondary N) is 1. The first-order valence-electron chi connectivity index (χ1n) is 6.66. The highest BCUT2D eigenvalue weighted by atomic mass is 16.5. The number of benzene rings is 2. The summed E-state index contributed by atoms with van der Waals surface area (Å²) in [5.41, 5.74) is 0. The van der Waals surface area contributed by atoms with Crippen LogP contribution in [0.4, 0.5) is 0 Å². The molecule has 0 saturated heterocycles. The first-order valence-corrected chi connectivity index (χ1v) is 6.66. The molecule has 2 aromatic rings. The van der Waals surface area contributed by atoms with E-state index < -0.39 is 6.10 Å². The van der Waals surface area contributed by atoms with Crippen LogP contribution in [0.15, 0.2) is 36.4 Å². The molecule has 0 aliphatic rings. The van der Waals surface area contributed by atoms with Gasteiger partial charge in [-0.05, 0) is 48.9 Å². The molecule has 0 aliphatic heterocycles. The van der Waals surface area contributed by atoms with E-state index in [0.717, 1.165) is 16.5 Å². The van der Waals surface area contributed by atoms with Crippen LogP contribution in [0.5, 0.6) is 11.5 Å². The maximum Gasteiger partial charge on any atom is 0.260 e. The van der Waals surface area contributed by atoms with E-state index in [1.807, 2.05) is 43.3 Å². The Balaban J connectivity index is 2.20. The number of carbonyl (C=O) groups is 1. The summed E-state index contributed by atoms with van der Waals surface area (Å²) in [6.45, 7) is 4.22. The minimum absolute atomic E-state index is 0.113. The summed E-state index contributed by atoms with van der Waals surface area (Å²) in [4.78, 5) is 11.7. The highest BCUT2D eigenvalue weighted by molar-refractivity contribution is 5.85. The average molecular weight is 273 g/mol. The second-order valence-corrected chi connectivity index (χ2v) is 4.53. The summed E-state index contributed by atoms with van der Waals surface area (Å²) >= 11 is 0. The zero-order valence-corrected chi connectivity index (χ0v) is 12.0. The lowest BCUT2D eigenvalue weighted by Crippen LogP contribution is -2.36. The van der Waals surface area contributed by atoms with Gasteiger partial charge >= 0.3 is 0 Å². The number of amides is 1. The Morgan fingerprint density at radius 3 is 2.45 bits per heavy atom. The number of carbonyl (C=O) groups excluding carboxylic acids is 1. The van der Waals surface area contributed by atoms with Gasteiger partial charge < -0.3 is 14.8 Å². The van der Waals surface area contributed by atoms with Crippen LogP contribution in [0.2, 0.25) is 0 Å². The molecule has 0 bridgehead atoms. The van der Waals surface area contributed by atoms with Crippen molar-refractivity contribution >= 4 is 16.7 Å². The van der Waals surface area contributed by atoms with E-state index in [2.05, 4.69) is 5.32 Å². The maximum absolute atomic E-state index is 11.7. The van der Waals surface area contributed by atoms with Crippen LogP contribution in [0.1, 0.15) is 13.8 Å². The van der Waals surface area contributed by atoms with E-state index in [1.165, 1.54) is 0 Å². The van der Waals surface area contributed by atoms with Gasteiger partial charge in [0, 0.05) is 6.54 Å². The molecule has 0 aliphatic carbocycles. The van der Waals surface area contributed by atoms with Crippen molar-refractivity contribution in [3.05, 3.63) is 36.4 Å². The summed E-state index contributed by atoms with van der Waals surface area (Å²) in [5.74, 6) is 1.36. The molecule has 1 amide bonds. The topological polar surface area (TPSA) is 47.6 Å².